The van der Waals surface area contributed by atoms with Crippen molar-refractivity contribution in [1.82, 2.24) is 5.32 Å². The van der Waals surface area contributed by atoms with Gasteiger partial charge < -0.3 is 24.4 Å². The number of hydrogen-bond acceptors (Lipinski definition) is 5. The molecule has 1 saturated heterocycles. The van der Waals surface area contributed by atoms with E-state index in [4.69, 9.17) is 14.2 Å². The largest absolute Gasteiger partial charge is 0.493 e. The molecular weight excluding hydrogens is 408 g/mol. The second-order valence-corrected chi connectivity index (χ2v) is 8.34. The highest BCUT2D eigenvalue weighted by Crippen LogP contribution is 2.39. The number of anilines is 1. The van der Waals surface area contributed by atoms with Crippen LogP contribution in [0, 0.1) is 5.92 Å². The van der Waals surface area contributed by atoms with Crippen LogP contribution in [0.15, 0.2) is 36.4 Å². The molecular formula is C25H32N2O5. The van der Waals surface area contributed by atoms with Gasteiger partial charge in [0.2, 0.25) is 17.6 Å². The maximum absolute atomic E-state index is 13.0. The standard InChI is InChI=1S/C25H32N2O5/c1-15(2)17-8-7-9-20(10-17)27-14-19(13-23(27)28)25(29)26-16(3)18-11-21(30-4)24(32-6)22(12-18)31-5/h7-12,15-16,19H,13-14H2,1-6H3,(H,26,29). The monoisotopic (exact) mass is 440 g/mol. The topological polar surface area (TPSA) is 77.1 Å². The molecule has 2 atom stereocenters. The quantitative estimate of drug-likeness (QED) is 0.670. The summed E-state index contributed by atoms with van der Waals surface area (Å²) in [6.07, 6.45) is 0.194. The van der Waals surface area contributed by atoms with Crippen molar-refractivity contribution < 1.29 is 23.8 Å². The third-order valence-corrected chi connectivity index (χ3v) is 5.89. The van der Waals surface area contributed by atoms with Crippen LogP contribution in [-0.2, 0) is 9.59 Å². The van der Waals surface area contributed by atoms with Crippen LogP contribution < -0.4 is 24.4 Å². The number of benzene rings is 2. The minimum atomic E-state index is -0.408. The molecule has 2 aromatic rings. The Kier molecular flexibility index (Phi) is 7.28. The van der Waals surface area contributed by atoms with Gasteiger partial charge in [0.15, 0.2) is 11.5 Å². The second kappa shape index (κ2) is 9.94. The Morgan fingerprint density at radius 3 is 2.22 bits per heavy atom. The number of methoxy groups -OCH3 is 3. The summed E-state index contributed by atoms with van der Waals surface area (Å²) in [7, 11) is 4.65. The van der Waals surface area contributed by atoms with Gasteiger partial charge in [-0.3, -0.25) is 9.59 Å². The summed E-state index contributed by atoms with van der Waals surface area (Å²) in [4.78, 5) is 27.4. The maximum atomic E-state index is 13.0. The van der Waals surface area contributed by atoms with E-state index in [1.807, 2.05) is 37.3 Å². The van der Waals surface area contributed by atoms with Crippen molar-refractivity contribution in [2.75, 3.05) is 32.8 Å². The third-order valence-electron chi connectivity index (χ3n) is 5.89. The van der Waals surface area contributed by atoms with Crippen molar-refractivity contribution in [2.45, 2.75) is 39.2 Å². The van der Waals surface area contributed by atoms with Crippen LogP contribution in [0.1, 0.15) is 50.3 Å². The maximum Gasteiger partial charge on any atom is 0.227 e. The van der Waals surface area contributed by atoms with E-state index in [2.05, 4.69) is 25.2 Å². The summed E-state index contributed by atoms with van der Waals surface area (Å²) in [6.45, 7) is 6.49. The molecule has 3 rings (SSSR count). The van der Waals surface area contributed by atoms with Gasteiger partial charge in [-0.05, 0) is 48.2 Å². The fraction of sp³-hybridized carbons (Fsp3) is 0.440. The molecule has 0 saturated carbocycles. The molecule has 32 heavy (non-hydrogen) atoms. The SMILES string of the molecule is COc1cc(C(C)NC(=O)C2CC(=O)N(c3cccc(C(C)C)c3)C2)cc(OC)c1OC. The van der Waals surface area contributed by atoms with Crippen molar-refractivity contribution >= 4 is 17.5 Å². The molecule has 1 heterocycles. The molecule has 7 heteroatoms. The Balaban J connectivity index is 1.73. The van der Waals surface area contributed by atoms with E-state index >= 15 is 0 Å². The first kappa shape index (κ1) is 23.4. The van der Waals surface area contributed by atoms with Crippen molar-refractivity contribution in [3.8, 4) is 17.2 Å². The van der Waals surface area contributed by atoms with Gasteiger partial charge in [-0.15, -0.1) is 0 Å². The van der Waals surface area contributed by atoms with Gasteiger partial charge in [0.05, 0.1) is 33.3 Å². The first-order valence-corrected chi connectivity index (χ1v) is 10.8. The first-order valence-electron chi connectivity index (χ1n) is 10.8. The van der Waals surface area contributed by atoms with Crippen LogP contribution in [0.4, 0.5) is 5.69 Å². The number of nitrogens with one attached hydrogen (secondary N) is 1. The molecule has 2 aromatic carbocycles. The van der Waals surface area contributed by atoms with Crippen LogP contribution in [0.3, 0.4) is 0 Å². The van der Waals surface area contributed by atoms with E-state index in [0.29, 0.717) is 29.7 Å². The normalized spacial score (nSPS) is 16.8. The fourth-order valence-electron chi connectivity index (χ4n) is 3.95. The summed E-state index contributed by atoms with van der Waals surface area (Å²) in [6, 6.07) is 11.3. The predicted octanol–water partition coefficient (Wildman–Crippen LogP) is 4.07. The van der Waals surface area contributed by atoms with Gasteiger partial charge in [-0.1, -0.05) is 26.0 Å². The van der Waals surface area contributed by atoms with E-state index < -0.39 is 5.92 Å². The van der Waals surface area contributed by atoms with Gasteiger partial charge in [-0.25, -0.2) is 0 Å². The van der Waals surface area contributed by atoms with E-state index in [0.717, 1.165) is 11.3 Å². The number of hydrogen-bond donors (Lipinski definition) is 1. The highest BCUT2D eigenvalue weighted by molar-refractivity contribution is 6.00. The summed E-state index contributed by atoms with van der Waals surface area (Å²) in [5, 5.41) is 3.03. The average molecular weight is 441 g/mol. The molecule has 1 aliphatic heterocycles. The Morgan fingerprint density at radius 2 is 1.66 bits per heavy atom. The van der Waals surface area contributed by atoms with Crippen LogP contribution in [0.25, 0.3) is 0 Å². The molecule has 0 spiro atoms. The van der Waals surface area contributed by atoms with Crippen molar-refractivity contribution in [2.24, 2.45) is 5.92 Å². The van der Waals surface area contributed by atoms with Crippen LogP contribution in [0.5, 0.6) is 17.2 Å². The van der Waals surface area contributed by atoms with E-state index in [9.17, 15) is 9.59 Å². The number of nitrogens with zero attached hydrogens (tertiary/aromatic N) is 1. The minimum absolute atomic E-state index is 0.0357. The van der Waals surface area contributed by atoms with E-state index in [1.54, 1.807) is 26.2 Å². The Bertz CT molecular complexity index is 963. The molecule has 1 aliphatic rings. The second-order valence-electron chi connectivity index (χ2n) is 8.34. The lowest BCUT2D eigenvalue weighted by atomic mass is 10.0. The Morgan fingerprint density at radius 1 is 1.00 bits per heavy atom. The van der Waals surface area contributed by atoms with Crippen molar-refractivity contribution in [3.63, 3.8) is 0 Å². The van der Waals surface area contributed by atoms with Gasteiger partial charge in [0, 0.05) is 18.7 Å². The fourth-order valence-corrected chi connectivity index (χ4v) is 3.95. The zero-order chi connectivity index (χ0) is 23.4. The number of rotatable bonds is 8. The van der Waals surface area contributed by atoms with Gasteiger partial charge >= 0.3 is 0 Å². The van der Waals surface area contributed by atoms with Crippen molar-refractivity contribution in [1.29, 1.82) is 0 Å². The van der Waals surface area contributed by atoms with E-state index in [-0.39, 0.29) is 24.3 Å². The smallest absolute Gasteiger partial charge is 0.227 e. The van der Waals surface area contributed by atoms with Crippen molar-refractivity contribution in [3.05, 3.63) is 47.5 Å². The zero-order valence-electron chi connectivity index (χ0n) is 19.6. The summed E-state index contributed by atoms with van der Waals surface area (Å²) in [5.74, 6) is 1.32. The summed E-state index contributed by atoms with van der Waals surface area (Å²) < 4.78 is 16.2. The highest BCUT2D eigenvalue weighted by atomic mass is 16.5. The molecule has 0 aliphatic carbocycles. The molecule has 1 fully saturated rings. The Hall–Kier alpha value is -3.22. The first-order chi connectivity index (χ1) is 15.3. The Labute approximate surface area is 189 Å². The number of carbonyl (C=O) groups is 2. The lowest BCUT2D eigenvalue weighted by Crippen LogP contribution is -2.34. The van der Waals surface area contributed by atoms with Gasteiger partial charge in [0.25, 0.3) is 0 Å². The summed E-state index contributed by atoms with van der Waals surface area (Å²) in [5.41, 5.74) is 2.83. The number of ether oxygens (including phenoxy) is 3. The van der Waals surface area contributed by atoms with E-state index in [1.165, 1.54) is 5.56 Å². The average Bonchev–Trinajstić information content (AvgIpc) is 3.19. The molecule has 2 unspecified atom stereocenters. The predicted molar refractivity (Wildman–Crippen MR) is 124 cm³/mol. The zero-order valence-corrected chi connectivity index (χ0v) is 19.6. The number of amides is 2. The van der Waals surface area contributed by atoms with Gasteiger partial charge in [0.1, 0.15) is 0 Å². The molecule has 0 aromatic heterocycles. The molecule has 0 radical (unpaired) electrons. The number of carbonyl (C=O) groups excluding carboxylic acids is 2. The molecule has 7 nitrogen and oxygen atoms in total. The third kappa shape index (κ3) is 4.82. The molecule has 2 amide bonds. The molecule has 1 N–H and O–H groups in total. The van der Waals surface area contributed by atoms with Crippen LogP contribution in [-0.4, -0.2) is 39.7 Å². The van der Waals surface area contributed by atoms with Crippen LogP contribution >= 0.6 is 0 Å². The summed E-state index contributed by atoms with van der Waals surface area (Å²) >= 11 is 0. The minimum Gasteiger partial charge on any atom is -0.493 e. The lowest BCUT2D eigenvalue weighted by molar-refractivity contribution is -0.126. The highest BCUT2D eigenvalue weighted by Gasteiger charge is 2.35. The lowest BCUT2D eigenvalue weighted by Gasteiger charge is -2.21. The van der Waals surface area contributed by atoms with Crippen LogP contribution in [0.2, 0.25) is 0 Å². The molecule has 0 bridgehead atoms. The molecule has 172 valence electrons. The van der Waals surface area contributed by atoms with Gasteiger partial charge in [-0.2, -0.15) is 0 Å².